The van der Waals surface area contributed by atoms with Crippen molar-refractivity contribution >= 4 is 33.5 Å². The predicted octanol–water partition coefficient (Wildman–Crippen LogP) is 4.50. The van der Waals surface area contributed by atoms with Crippen molar-refractivity contribution < 1.29 is 4.79 Å². The minimum atomic E-state index is -0.0157. The first-order valence-electron chi connectivity index (χ1n) is 12.3. The Kier molecular flexibility index (Phi) is 4.91. The molecule has 4 heterocycles. The second kappa shape index (κ2) is 7.92. The van der Waals surface area contributed by atoms with Gasteiger partial charge in [0.15, 0.2) is 0 Å². The molecule has 7 nitrogen and oxygen atoms in total. The van der Waals surface area contributed by atoms with Crippen LogP contribution in [0, 0.1) is 30.6 Å². The van der Waals surface area contributed by atoms with Gasteiger partial charge in [0.1, 0.15) is 17.5 Å². The topological polar surface area (TPSA) is 78.1 Å². The molecule has 0 atom stereocenters. The van der Waals surface area contributed by atoms with Gasteiger partial charge in [-0.2, -0.15) is 10.4 Å². The van der Waals surface area contributed by atoms with Crippen LogP contribution in [-0.4, -0.2) is 51.8 Å². The number of anilines is 1. The molecule has 2 fully saturated rings. The monoisotopic (exact) mass is 476 g/mol. The first-order chi connectivity index (χ1) is 17.4. The molecule has 4 aromatic rings. The Morgan fingerprint density at radius 1 is 1.19 bits per heavy atom. The molecule has 2 saturated heterocycles. The van der Waals surface area contributed by atoms with E-state index in [4.69, 9.17) is 4.98 Å². The maximum Gasteiger partial charge on any atom is 0.245 e. The van der Waals surface area contributed by atoms with Crippen LogP contribution in [0.2, 0.25) is 0 Å². The summed E-state index contributed by atoms with van der Waals surface area (Å²) in [6.07, 6.45) is 4.24. The summed E-state index contributed by atoms with van der Waals surface area (Å²) in [5.41, 5.74) is 6.81. The minimum absolute atomic E-state index is 0.0157. The van der Waals surface area contributed by atoms with Gasteiger partial charge in [-0.05, 0) is 49.6 Å². The highest BCUT2D eigenvalue weighted by atomic mass is 16.2. The van der Waals surface area contributed by atoms with Gasteiger partial charge in [0.2, 0.25) is 5.91 Å². The number of fused-ring (bicyclic) bond motifs is 2. The van der Waals surface area contributed by atoms with Crippen LogP contribution in [0.25, 0.3) is 32.9 Å². The highest BCUT2D eigenvalue weighted by Gasteiger charge is 2.49. The van der Waals surface area contributed by atoms with Crippen LogP contribution in [0.3, 0.4) is 0 Å². The Labute approximate surface area is 210 Å². The lowest BCUT2D eigenvalue weighted by Crippen LogP contribution is -2.59. The van der Waals surface area contributed by atoms with E-state index in [0.717, 1.165) is 76.9 Å². The first kappa shape index (κ1) is 22.3. The van der Waals surface area contributed by atoms with Crippen molar-refractivity contribution in [3.05, 3.63) is 65.9 Å². The van der Waals surface area contributed by atoms with Gasteiger partial charge in [0.25, 0.3) is 0 Å². The third-order valence-electron chi connectivity index (χ3n) is 8.05. The zero-order chi connectivity index (χ0) is 25.2. The molecule has 180 valence electrons. The average molecular weight is 477 g/mol. The summed E-state index contributed by atoms with van der Waals surface area (Å²) in [6, 6.07) is 12.8. The van der Waals surface area contributed by atoms with Gasteiger partial charge in [-0.3, -0.25) is 9.48 Å². The smallest absolute Gasteiger partial charge is 0.245 e. The number of nitriles is 1. The number of hydrogen-bond acceptors (Lipinski definition) is 5. The number of carbonyl (C=O) groups excluding carboxylic acids is 1. The van der Waals surface area contributed by atoms with Crippen LogP contribution < -0.4 is 4.90 Å². The number of amides is 1. The van der Waals surface area contributed by atoms with Gasteiger partial charge in [-0.1, -0.05) is 24.8 Å². The van der Waals surface area contributed by atoms with E-state index in [1.165, 1.54) is 11.6 Å². The Morgan fingerprint density at radius 3 is 2.72 bits per heavy atom. The van der Waals surface area contributed by atoms with E-state index in [9.17, 15) is 10.1 Å². The van der Waals surface area contributed by atoms with Crippen molar-refractivity contribution in [1.29, 1.82) is 5.26 Å². The standard InChI is InChI=1S/C29H28N6O/c1-5-24(36)35-16-29(17-35)10-11-34(15-29)28-22(13-30)26(21-8-6-7-9-23(21)32-28)25-19(3)18(2)12-20-14-31-33(4)27(20)25/h5-9,12,14H,1,10-11,15-17H2,2-4H3. The van der Waals surface area contributed by atoms with Crippen molar-refractivity contribution in [3.8, 4) is 17.2 Å². The summed E-state index contributed by atoms with van der Waals surface area (Å²) in [6.45, 7) is 10.9. The van der Waals surface area contributed by atoms with Crippen molar-refractivity contribution in [2.45, 2.75) is 20.3 Å². The van der Waals surface area contributed by atoms with Crippen molar-refractivity contribution in [1.82, 2.24) is 19.7 Å². The van der Waals surface area contributed by atoms with E-state index < -0.39 is 0 Å². The largest absolute Gasteiger partial charge is 0.355 e. The lowest BCUT2D eigenvalue weighted by molar-refractivity contribution is -0.136. The molecule has 0 unspecified atom stereocenters. The number of hydrogen-bond donors (Lipinski definition) is 0. The van der Waals surface area contributed by atoms with E-state index in [2.05, 4.69) is 48.6 Å². The number of nitrogens with zero attached hydrogens (tertiary/aromatic N) is 6. The predicted molar refractivity (Wildman–Crippen MR) is 142 cm³/mol. The molecule has 2 aromatic carbocycles. The normalized spacial score (nSPS) is 16.5. The van der Waals surface area contributed by atoms with Crippen LogP contribution in [0.15, 0.2) is 49.2 Å². The lowest BCUT2D eigenvalue weighted by atomic mass is 9.79. The Balaban J connectivity index is 1.55. The number of rotatable bonds is 3. The molecule has 7 heteroatoms. The number of benzene rings is 2. The maximum atomic E-state index is 12.0. The molecule has 36 heavy (non-hydrogen) atoms. The highest BCUT2D eigenvalue weighted by molar-refractivity contribution is 6.08. The molecule has 2 aliphatic heterocycles. The van der Waals surface area contributed by atoms with Crippen molar-refractivity contribution in [2.75, 3.05) is 31.1 Å². The summed E-state index contributed by atoms with van der Waals surface area (Å²) in [5.74, 6) is 0.714. The fraction of sp³-hybridized carbons (Fsp3) is 0.310. The zero-order valence-electron chi connectivity index (χ0n) is 20.9. The molecule has 6 rings (SSSR count). The first-order valence-corrected chi connectivity index (χ1v) is 12.3. The van der Waals surface area contributed by atoms with Gasteiger partial charge >= 0.3 is 0 Å². The van der Waals surface area contributed by atoms with Gasteiger partial charge in [-0.15, -0.1) is 0 Å². The van der Waals surface area contributed by atoms with Crippen molar-refractivity contribution in [3.63, 3.8) is 0 Å². The number of aryl methyl sites for hydroxylation is 2. The quantitative estimate of drug-likeness (QED) is 0.407. The summed E-state index contributed by atoms with van der Waals surface area (Å²) in [7, 11) is 1.95. The zero-order valence-corrected chi connectivity index (χ0v) is 20.9. The van der Waals surface area contributed by atoms with Crippen LogP contribution in [0.4, 0.5) is 5.82 Å². The van der Waals surface area contributed by atoms with Gasteiger partial charge < -0.3 is 9.80 Å². The fourth-order valence-electron chi connectivity index (χ4n) is 6.10. The SMILES string of the molecule is C=CC(=O)N1CC2(CCN(c3nc4ccccc4c(-c4c(C)c(C)cc5cnn(C)c45)c3C#N)C2)C1. The molecule has 0 bridgehead atoms. The number of carbonyl (C=O) groups is 1. The van der Waals surface area contributed by atoms with Gasteiger partial charge in [0.05, 0.1) is 17.2 Å². The molecule has 2 aliphatic rings. The summed E-state index contributed by atoms with van der Waals surface area (Å²) < 4.78 is 1.90. The molecular formula is C29H28N6O. The number of pyridine rings is 1. The third-order valence-corrected chi connectivity index (χ3v) is 8.05. The van der Waals surface area contributed by atoms with Gasteiger partial charge in [0, 0.05) is 60.5 Å². The highest BCUT2D eigenvalue weighted by Crippen LogP contribution is 2.45. The average Bonchev–Trinajstić information content (AvgIpc) is 3.47. The fourth-order valence-corrected chi connectivity index (χ4v) is 6.10. The molecule has 0 aliphatic carbocycles. The van der Waals surface area contributed by atoms with Gasteiger partial charge in [-0.25, -0.2) is 4.98 Å². The molecule has 1 spiro atoms. The van der Waals surface area contributed by atoms with Crippen LogP contribution in [0.5, 0.6) is 0 Å². The van der Waals surface area contributed by atoms with E-state index in [1.54, 1.807) is 0 Å². The Morgan fingerprint density at radius 2 is 1.97 bits per heavy atom. The summed E-state index contributed by atoms with van der Waals surface area (Å²) in [5, 5.41) is 17.1. The lowest BCUT2D eigenvalue weighted by Gasteiger charge is -2.47. The van der Waals surface area contributed by atoms with Crippen molar-refractivity contribution in [2.24, 2.45) is 12.5 Å². The molecule has 0 radical (unpaired) electrons. The van der Waals surface area contributed by atoms with Crippen LogP contribution in [-0.2, 0) is 11.8 Å². The number of likely N-dealkylation sites (tertiary alicyclic amines) is 1. The van der Waals surface area contributed by atoms with E-state index in [0.29, 0.717) is 5.56 Å². The van der Waals surface area contributed by atoms with E-state index in [-0.39, 0.29) is 11.3 Å². The van der Waals surface area contributed by atoms with E-state index in [1.807, 2.05) is 41.0 Å². The number of para-hydroxylation sites is 1. The molecule has 1 amide bonds. The van der Waals surface area contributed by atoms with E-state index >= 15 is 0 Å². The van der Waals surface area contributed by atoms with Crippen LogP contribution in [0.1, 0.15) is 23.1 Å². The summed E-state index contributed by atoms with van der Waals surface area (Å²) in [4.78, 5) is 21.2. The third kappa shape index (κ3) is 3.14. The Hall–Kier alpha value is -4.18. The Bertz CT molecular complexity index is 1620. The maximum absolute atomic E-state index is 12.0. The molecule has 2 aromatic heterocycles. The summed E-state index contributed by atoms with van der Waals surface area (Å²) >= 11 is 0. The molecular weight excluding hydrogens is 448 g/mol. The van der Waals surface area contributed by atoms with Crippen LogP contribution >= 0.6 is 0 Å². The molecule has 0 N–H and O–H groups in total. The second-order valence-electron chi connectivity index (χ2n) is 10.3. The minimum Gasteiger partial charge on any atom is -0.355 e. The number of aromatic nitrogens is 3. The second-order valence-corrected chi connectivity index (χ2v) is 10.3. The molecule has 0 saturated carbocycles.